The van der Waals surface area contributed by atoms with Gasteiger partial charge in [-0.15, -0.1) is 0 Å². The summed E-state index contributed by atoms with van der Waals surface area (Å²) >= 11 is 0. The van der Waals surface area contributed by atoms with Gasteiger partial charge in [0.1, 0.15) is 0 Å². The maximum atomic E-state index is 11.1. The van der Waals surface area contributed by atoms with Crippen LogP contribution in [0, 0.1) is 0 Å². The van der Waals surface area contributed by atoms with E-state index in [1.807, 2.05) is 0 Å². The monoisotopic (exact) mass is 244 g/mol. The summed E-state index contributed by atoms with van der Waals surface area (Å²) in [5.41, 5.74) is 2.15. The van der Waals surface area contributed by atoms with E-state index in [-0.39, 0.29) is 0 Å². The number of rotatable bonds is 2. The zero-order chi connectivity index (χ0) is 12.4. The molecule has 0 spiro atoms. The molecule has 2 fully saturated rings. The molecule has 0 heterocycles. The molecule has 2 saturated carbocycles. The van der Waals surface area contributed by atoms with Gasteiger partial charge in [0, 0.05) is 0 Å². The Labute approximate surface area is 110 Å². The molecular formula is C17H24O. The second kappa shape index (κ2) is 5.05. The van der Waals surface area contributed by atoms with Crippen molar-refractivity contribution in [3.05, 3.63) is 35.4 Å². The molecule has 0 atom stereocenters. The van der Waals surface area contributed by atoms with Crippen LogP contribution in [0.2, 0.25) is 0 Å². The van der Waals surface area contributed by atoms with E-state index < -0.39 is 5.60 Å². The molecule has 0 amide bonds. The van der Waals surface area contributed by atoms with Crippen molar-refractivity contribution < 1.29 is 5.11 Å². The lowest BCUT2D eigenvalue weighted by atomic mass is 9.73. The molecule has 3 rings (SSSR count). The van der Waals surface area contributed by atoms with Gasteiger partial charge < -0.3 is 5.11 Å². The lowest BCUT2D eigenvalue weighted by molar-refractivity contribution is 0.0191. The van der Waals surface area contributed by atoms with Crippen molar-refractivity contribution in [1.29, 1.82) is 0 Å². The van der Waals surface area contributed by atoms with Crippen molar-refractivity contribution in [3.8, 4) is 0 Å². The van der Waals surface area contributed by atoms with Crippen molar-refractivity contribution in [2.75, 3.05) is 0 Å². The molecule has 18 heavy (non-hydrogen) atoms. The fourth-order valence-corrected chi connectivity index (χ4v) is 3.58. The van der Waals surface area contributed by atoms with E-state index >= 15 is 0 Å². The van der Waals surface area contributed by atoms with Gasteiger partial charge in [-0.25, -0.2) is 0 Å². The quantitative estimate of drug-likeness (QED) is 0.760. The van der Waals surface area contributed by atoms with Crippen LogP contribution in [0.15, 0.2) is 24.3 Å². The zero-order valence-electron chi connectivity index (χ0n) is 11.2. The number of hydrogen-bond donors (Lipinski definition) is 1. The van der Waals surface area contributed by atoms with E-state index in [1.54, 1.807) is 0 Å². The van der Waals surface area contributed by atoms with Gasteiger partial charge >= 0.3 is 0 Å². The zero-order valence-corrected chi connectivity index (χ0v) is 11.2. The first-order chi connectivity index (χ1) is 8.80. The summed E-state index contributed by atoms with van der Waals surface area (Å²) < 4.78 is 0. The summed E-state index contributed by atoms with van der Waals surface area (Å²) in [6, 6.07) is 8.67. The largest absolute Gasteiger partial charge is 0.385 e. The van der Waals surface area contributed by atoms with Crippen molar-refractivity contribution in [3.63, 3.8) is 0 Å². The Hall–Kier alpha value is -0.820. The molecule has 2 aliphatic carbocycles. The second-order valence-corrected chi connectivity index (χ2v) is 6.16. The van der Waals surface area contributed by atoms with Gasteiger partial charge in [-0.05, 0) is 42.7 Å². The van der Waals surface area contributed by atoms with Crippen LogP contribution in [-0.4, -0.2) is 5.11 Å². The molecule has 1 aromatic rings. The smallest absolute Gasteiger partial charge is 0.0899 e. The summed E-state index contributed by atoms with van der Waals surface area (Å²) in [7, 11) is 0. The third-order valence-electron chi connectivity index (χ3n) is 4.94. The average Bonchev–Trinajstić information content (AvgIpc) is 2.53. The first-order valence-electron chi connectivity index (χ1n) is 7.61. The van der Waals surface area contributed by atoms with Crippen LogP contribution in [0.4, 0.5) is 0 Å². The Morgan fingerprint density at radius 2 is 1.56 bits per heavy atom. The lowest BCUT2D eigenvalue weighted by Crippen LogP contribution is -2.28. The summed E-state index contributed by atoms with van der Waals surface area (Å²) in [5.74, 6) is 0.716. The molecule has 0 saturated heterocycles. The summed E-state index contributed by atoms with van der Waals surface area (Å²) in [6.45, 7) is 0. The molecule has 0 radical (unpaired) electrons. The fraction of sp³-hybridized carbons (Fsp3) is 0.647. The highest BCUT2D eigenvalue weighted by Crippen LogP contribution is 2.44. The van der Waals surface area contributed by atoms with Crippen molar-refractivity contribution in [2.24, 2.45) is 0 Å². The molecule has 1 N–H and O–H groups in total. The van der Waals surface area contributed by atoms with E-state index in [9.17, 15) is 5.11 Å². The van der Waals surface area contributed by atoms with Gasteiger partial charge in [-0.2, -0.15) is 0 Å². The molecule has 1 nitrogen and oxygen atoms in total. The molecular weight excluding hydrogens is 220 g/mol. The second-order valence-electron chi connectivity index (χ2n) is 6.16. The van der Waals surface area contributed by atoms with Gasteiger partial charge in [0.25, 0.3) is 0 Å². The predicted octanol–water partition coefficient (Wildman–Crippen LogP) is 4.50. The van der Waals surface area contributed by atoms with Crippen LogP contribution < -0.4 is 0 Å². The Morgan fingerprint density at radius 3 is 2.17 bits per heavy atom. The van der Waals surface area contributed by atoms with Gasteiger partial charge in [0.2, 0.25) is 0 Å². The Kier molecular flexibility index (Phi) is 3.43. The maximum Gasteiger partial charge on any atom is 0.0899 e. The third-order valence-corrected chi connectivity index (χ3v) is 4.94. The third kappa shape index (κ3) is 2.21. The van der Waals surface area contributed by atoms with E-state index in [0.717, 1.165) is 12.8 Å². The topological polar surface area (TPSA) is 20.2 Å². The predicted molar refractivity (Wildman–Crippen MR) is 74.6 cm³/mol. The maximum absolute atomic E-state index is 11.1. The van der Waals surface area contributed by atoms with Crippen LogP contribution >= 0.6 is 0 Å². The van der Waals surface area contributed by atoms with E-state index in [1.165, 1.54) is 56.1 Å². The van der Waals surface area contributed by atoms with Crippen LogP contribution in [0.1, 0.15) is 74.8 Å². The van der Waals surface area contributed by atoms with Gasteiger partial charge in [-0.1, -0.05) is 56.4 Å². The molecule has 0 unspecified atom stereocenters. The number of benzene rings is 1. The Balaban J connectivity index is 1.93. The molecule has 2 aliphatic rings. The van der Waals surface area contributed by atoms with E-state index in [0.29, 0.717) is 5.92 Å². The normalized spacial score (nSPS) is 24.3. The van der Waals surface area contributed by atoms with Crippen LogP contribution in [0.25, 0.3) is 0 Å². The van der Waals surface area contributed by atoms with Crippen molar-refractivity contribution >= 4 is 0 Å². The number of hydrogen-bond acceptors (Lipinski definition) is 1. The molecule has 98 valence electrons. The molecule has 1 heteroatoms. The average molecular weight is 244 g/mol. The van der Waals surface area contributed by atoms with E-state index in [4.69, 9.17) is 0 Å². The number of aliphatic hydroxyl groups is 1. The minimum atomic E-state index is -0.539. The Bertz CT molecular complexity index is 398. The molecule has 0 aromatic heterocycles. The lowest BCUT2D eigenvalue weighted by Gasteiger charge is -2.35. The highest BCUT2D eigenvalue weighted by Gasteiger charge is 2.34. The van der Waals surface area contributed by atoms with Crippen molar-refractivity contribution in [2.45, 2.75) is 69.3 Å². The molecule has 1 aromatic carbocycles. The first kappa shape index (κ1) is 12.2. The first-order valence-corrected chi connectivity index (χ1v) is 7.61. The minimum Gasteiger partial charge on any atom is -0.385 e. The summed E-state index contributed by atoms with van der Waals surface area (Å²) in [5, 5.41) is 11.1. The highest BCUT2D eigenvalue weighted by atomic mass is 16.3. The van der Waals surface area contributed by atoms with Crippen molar-refractivity contribution in [1.82, 2.24) is 0 Å². The van der Waals surface area contributed by atoms with Gasteiger partial charge in [-0.3, -0.25) is 0 Å². The van der Waals surface area contributed by atoms with Crippen LogP contribution in [-0.2, 0) is 5.60 Å². The minimum absolute atomic E-state index is 0.539. The summed E-state index contributed by atoms with van der Waals surface area (Å²) in [6.07, 6.45) is 10.8. The molecule has 0 aliphatic heterocycles. The highest BCUT2D eigenvalue weighted by molar-refractivity contribution is 5.36. The standard InChI is InChI=1S/C17H24O/c18-17(12-5-1-2-6-13-17)16-11-4-3-10-15(16)14-8-7-9-14/h3-4,10-11,14,18H,1-2,5-9,12-13H2. The van der Waals surface area contributed by atoms with E-state index in [2.05, 4.69) is 24.3 Å². The van der Waals surface area contributed by atoms with Gasteiger partial charge in [0.05, 0.1) is 5.60 Å². The SMILES string of the molecule is OC1(c2ccccc2C2CCC2)CCCCCC1. The van der Waals surface area contributed by atoms with Crippen LogP contribution in [0.3, 0.4) is 0 Å². The van der Waals surface area contributed by atoms with Crippen LogP contribution in [0.5, 0.6) is 0 Å². The fourth-order valence-electron chi connectivity index (χ4n) is 3.58. The summed E-state index contributed by atoms with van der Waals surface area (Å²) in [4.78, 5) is 0. The van der Waals surface area contributed by atoms with Gasteiger partial charge in [0.15, 0.2) is 0 Å². The molecule has 0 bridgehead atoms. The Morgan fingerprint density at radius 1 is 0.889 bits per heavy atom.